The summed E-state index contributed by atoms with van der Waals surface area (Å²) in [5, 5.41) is 21.2. The molecular formula is C17H22BF3N2O4. The molecule has 1 atom stereocenters. The lowest BCUT2D eigenvalue weighted by molar-refractivity contribution is -0.160. The lowest BCUT2D eigenvalue weighted by atomic mass is 9.75. The molecule has 1 aromatic carbocycles. The van der Waals surface area contributed by atoms with Crippen molar-refractivity contribution >= 4 is 18.9 Å². The van der Waals surface area contributed by atoms with Gasteiger partial charge in [-0.1, -0.05) is 24.8 Å². The molecule has 0 aliphatic heterocycles. The first-order chi connectivity index (χ1) is 12.4. The molecule has 0 heterocycles. The van der Waals surface area contributed by atoms with Gasteiger partial charge in [-0.3, -0.25) is 9.59 Å². The minimum absolute atomic E-state index is 0.0548. The number of benzene rings is 1. The van der Waals surface area contributed by atoms with Crippen LogP contribution in [0.15, 0.2) is 30.9 Å². The Bertz CT molecular complexity index is 695. The number of carbonyl (C=O) groups is 2. The Hall–Kier alpha value is -2.33. The quantitative estimate of drug-likeness (QED) is 0.458. The molecule has 1 rings (SSSR count). The number of hydrogen-bond donors (Lipinski definition) is 3. The van der Waals surface area contributed by atoms with E-state index < -0.39 is 44.1 Å². The summed E-state index contributed by atoms with van der Waals surface area (Å²) < 4.78 is 37.7. The van der Waals surface area contributed by atoms with Gasteiger partial charge in [0.05, 0.1) is 5.94 Å². The molecule has 0 aliphatic carbocycles. The first kappa shape index (κ1) is 22.7. The van der Waals surface area contributed by atoms with Crippen LogP contribution in [0.25, 0.3) is 0 Å². The van der Waals surface area contributed by atoms with Crippen molar-refractivity contribution in [2.45, 2.75) is 32.4 Å². The van der Waals surface area contributed by atoms with Gasteiger partial charge in [-0.15, -0.1) is 0 Å². The second-order valence-electron chi connectivity index (χ2n) is 6.22. The Labute approximate surface area is 155 Å². The highest BCUT2D eigenvalue weighted by molar-refractivity contribution is 6.43. The van der Waals surface area contributed by atoms with E-state index in [-0.39, 0.29) is 11.3 Å². The number of alkyl halides is 3. The summed E-state index contributed by atoms with van der Waals surface area (Å²) in [5.74, 6) is -3.15. The van der Waals surface area contributed by atoms with E-state index in [4.69, 9.17) is 0 Å². The Balaban J connectivity index is 2.82. The molecule has 0 radical (unpaired) electrons. The monoisotopic (exact) mass is 386 g/mol. The van der Waals surface area contributed by atoms with Crippen LogP contribution in [0, 0.1) is 13.8 Å². The molecular weight excluding hydrogens is 364 g/mol. The summed E-state index contributed by atoms with van der Waals surface area (Å²) in [6, 6.07) is 5.40. The lowest BCUT2D eigenvalue weighted by Gasteiger charge is -2.24. The molecule has 27 heavy (non-hydrogen) atoms. The Morgan fingerprint density at radius 1 is 1.30 bits per heavy atom. The first-order valence-corrected chi connectivity index (χ1v) is 8.12. The van der Waals surface area contributed by atoms with Gasteiger partial charge in [0.1, 0.15) is 13.1 Å². The maximum absolute atomic E-state index is 12.6. The number of hydrogen-bond acceptors (Lipinski definition) is 4. The molecule has 0 fully saturated rings. The minimum atomic E-state index is -4.69. The average molecular weight is 386 g/mol. The SMILES string of the molecule is C=CC(=O)N(CC(=O)N[C@@H](Cc1ccc(C)c(C)c1)B(O)O)CC(F)(F)F. The topological polar surface area (TPSA) is 89.9 Å². The zero-order valence-corrected chi connectivity index (χ0v) is 15.1. The van der Waals surface area contributed by atoms with E-state index in [0.717, 1.165) is 11.1 Å². The van der Waals surface area contributed by atoms with E-state index in [2.05, 4.69) is 11.9 Å². The fourth-order valence-electron chi connectivity index (χ4n) is 2.40. The number of nitrogens with zero attached hydrogens (tertiary/aromatic N) is 1. The van der Waals surface area contributed by atoms with Crippen LogP contribution in [0.1, 0.15) is 16.7 Å². The fourth-order valence-corrected chi connectivity index (χ4v) is 2.40. The third-order valence-corrected chi connectivity index (χ3v) is 3.92. The molecule has 0 unspecified atom stereocenters. The van der Waals surface area contributed by atoms with Gasteiger partial charge in [0.25, 0.3) is 0 Å². The normalized spacial score (nSPS) is 12.3. The third kappa shape index (κ3) is 7.84. The standard InChI is InChI=1S/C17H22BF3N2O4/c1-4-16(25)23(10-17(19,20)21)9-15(24)22-14(18(26)27)8-13-6-5-11(2)12(3)7-13/h4-7,14,26-27H,1,8-10H2,2-3H3,(H,22,24)/t14-/m0/s1. The highest BCUT2D eigenvalue weighted by Gasteiger charge is 2.34. The van der Waals surface area contributed by atoms with Crippen LogP contribution in [-0.2, 0) is 16.0 Å². The summed E-state index contributed by atoms with van der Waals surface area (Å²) in [6.45, 7) is 4.38. The van der Waals surface area contributed by atoms with E-state index in [0.29, 0.717) is 11.6 Å². The van der Waals surface area contributed by atoms with Gasteiger partial charge in [-0.2, -0.15) is 13.2 Å². The Kier molecular flexibility index (Phi) is 8.05. The van der Waals surface area contributed by atoms with Crippen molar-refractivity contribution in [2.24, 2.45) is 0 Å². The second-order valence-corrected chi connectivity index (χ2v) is 6.22. The van der Waals surface area contributed by atoms with Crippen molar-refractivity contribution in [1.29, 1.82) is 0 Å². The van der Waals surface area contributed by atoms with Gasteiger partial charge in [-0.25, -0.2) is 0 Å². The van der Waals surface area contributed by atoms with E-state index in [1.165, 1.54) is 0 Å². The van der Waals surface area contributed by atoms with E-state index in [1.807, 2.05) is 26.0 Å². The zero-order chi connectivity index (χ0) is 20.8. The minimum Gasteiger partial charge on any atom is -0.426 e. The van der Waals surface area contributed by atoms with Gasteiger partial charge < -0.3 is 20.3 Å². The first-order valence-electron chi connectivity index (χ1n) is 8.12. The summed E-state index contributed by atoms with van der Waals surface area (Å²) in [6.07, 6.45) is -3.96. The van der Waals surface area contributed by atoms with Crippen LogP contribution in [-0.4, -0.2) is 59.1 Å². The van der Waals surface area contributed by atoms with Gasteiger partial charge in [0, 0.05) is 0 Å². The highest BCUT2D eigenvalue weighted by atomic mass is 19.4. The molecule has 1 aromatic rings. The number of nitrogens with one attached hydrogen (secondary N) is 1. The van der Waals surface area contributed by atoms with Crippen molar-refractivity contribution in [3.05, 3.63) is 47.5 Å². The molecule has 0 bridgehead atoms. The fraction of sp³-hybridized carbons (Fsp3) is 0.412. The summed E-state index contributed by atoms with van der Waals surface area (Å²) >= 11 is 0. The molecule has 0 aliphatic rings. The number of carbonyl (C=O) groups excluding carboxylic acids is 2. The van der Waals surface area contributed by atoms with E-state index in [9.17, 15) is 32.8 Å². The van der Waals surface area contributed by atoms with Gasteiger partial charge >= 0.3 is 13.3 Å². The zero-order valence-electron chi connectivity index (χ0n) is 15.1. The second kappa shape index (κ2) is 9.56. The van der Waals surface area contributed by atoms with Crippen molar-refractivity contribution in [1.82, 2.24) is 10.2 Å². The molecule has 0 saturated heterocycles. The predicted molar refractivity (Wildman–Crippen MR) is 94.6 cm³/mol. The van der Waals surface area contributed by atoms with Crippen LogP contribution in [0.3, 0.4) is 0 Å². The molecule has 2 amide bonds. The number of rotatable bonds is 8. The molecule has 3 N–H and O–H groups in total. The molecule has 0 spiro atoms. The summed E-state index contributed by atoms with van der Waals surface area (Å²) in [5.41, 5.74) is 2.72. The van der Waals surface area contributed by atoms with Crippen LogP contribution < -0.4 is 5.32 Å². The summed E-state index contributed by atoms with van der Waals surface area (Å²) in [7, 11) is -1.93. The Morgan fingerprint density at radius 2 is 1.93 bits per heavy atom. The van der Waals surface area contributed by atoms with Crippen molar-refractivity contribution in [3.63, 3.8) is 0 Å². The average Bonchev–Trinajstić information content (AvgIpc) is 2.54. The van der Waals surface area contributed by atoms with Crippen molar-refractivity contribution < 1.29 is 32.8 Å². The molecule has 0 aromatic heterocycles. The predicted octanol–water partition coefficient (Wildman–Crippen LogP) is 0.920. The number of aryl methyl sites for hydroxylation is 2. The van der Waals surface area contributed by atoms with Gasteiger partial charge in [-0.05, 0) is 43.0 Å². The third-order valence-electron chi connectivity index (χ3n) is 3.92. The molecule has 148 valence electrons. The van der Waals surface area contributed by atoms with Crippen LogP contribution in [0.5, 0.6) is 0 Å². The molecule has 10 heteroatoms. The van der Waals surface area contributed by atoms with E-state index in [1.54, 1.807) is 6.07 Å². The van der Waals surface area contributed by atoms with Crippen molar-refractivity contribution in [2.75, 3.05) is 13.1 Å². The van der Waals surface area contributed by atoms with Crippen LogP contribution in [0.4, 0.5) is 13.2 Å². The van der Waals surface area contributed by atoms with E-state index >= 15 is 0 Å². The van der Waals surface area contributed by atoms with Crippen LogP contribution >= 0.6 is 0 Å². The molecule has 0 saturated carbocycles. The lowest BCUT2D eigenvalue weighted by Crippen LogP contribution is -2.52. The smallest absolute Gasteiger partial charge is 0.426 e. The Morgan fingerprint density at radius 3 is 2.41 bits per heavy atom. The van der Waals surface area contributed by atoms with Gasteiger partial charge in [0.2, 0.25) is 11.8 Å². The maximum atomic E-state index is 12.6. The maximum Gasteiger partial charge on any atom is 0.475 e. The summed E-state index contributed by atoms with van der Waals surface area (Å²) in [4.78, 5) is 23.9. The largest absolute Gasteiger partial charge is 0.475 e. The number of amides is 2. The van der Waals surface area contributed by atoms with Gasteiger partial charge in [0.15, 0.2) is 0 Å². The molecule has 6 nitrogen and oxygen atoms in total. The number of halogens is 3. The highest BCUT2D eigenvalue weighted by Crippen LogP contribution is 2.17. The van der Waals surface area contributed by atoms with Crippen molar-refractivity contribution in [3.8, 4) is 0 Å². The van der Waals surface area contributed by atoms with Crippen LogP contribution in [0.2, 0.25) is 0 Å².